The number of morpholine rings is 1. The Morgan fingerprint density at radius 1 is 1.07 bits per heavy atom. The highest BCUT2D eigenvalue weighted by Crippen LogP contribution is 2.48. The van der Waals surface area contributed by atoms with Gasteiger partial charge in [-0.2, -0.15) is 0 Å². The molecule has 6 amide bonds. The Balaban J connectivity index is 1.43. The maximum Gasteiger partial charge on any atom is 0.410 e. The van der Waals surface area contributed by atoms with Crippen molar-refractivity contribution in [3.05, 3.63) is 28.8 Å². The van der Waals surface area contributed by atoms with E-state index in [1.807, 2.05) is 0 Å². The SMILES string of the molecule is C[C@@H]1CN2c3c(cc(C(=O)NC4CCN(C(=O)OC(C)(C)C)CC4)c(F)c3F)CC3(C(=O)NC(=O)NC3=O)[C@H]2[C@H](C)O1. The second-order valence-electron chi connectivity index (χ2n) is 12.4. The molecular weight excluding hydrogens is 556 g/mol. The molecule has 228 valence electrons. The first-order valence-electron chi connectivity index (χ1n) is 14.0. The predicted octanol–water partition coefficient (Wildman–Crippen LogP) is 1.98. The fourth-order valence-electron chi connectivity index (χ4n) is 6.50. The number of rotatable bonds is 2. The van der Waals surface area contributed by atoms with Crippen LogP contribution in [0.25, 0.3) is 0 Å². The van der Waals surface area contributed by atoms with Crippen LogP contribution in [-0.2, 0) is 25.5 Å². The minimum atomic E-state index is -1.90. The number of hydrogen-bond acceptors (Lipinski definition) is 8. The fraction of sp³-hybridized carbons (Fsp3) is 0.607. The van der Waals surface area contributed by atoms with Crippen LogP contribution in [0, 0.1) is 17.0 Å². The number of imide groups is 2. The molecule has 0 aliphatic carbocycles. The second-order valence-corrected chi connectivity index (χ2v) is 12.4. The van der Waals surface area contributed by atoms with Crippen molar-refractivity contribution < 1.29 is 42.2 Å². The van der Waals surface area contributed by atoms with Crippen LogP contribution in [0.5, 0.6) is 0 Å². The van der Waals surface area contributed by atoms with E-state index in [0.717, 1.165) is 0 Å². The van der Waals surface area contributed by atoms with Crippen LogP contribution >= 0.6 is 0 Å². The first kappa shape index (κ1) is 29.7. The molecule has 3 N–H and O–H groups in total. The van der Waals surface area contributed by atoms with E-state index < -0.39 is 82.4 Å². The Morgan fingerprint density at radius 3 is 2.29 bits per heavy atom. The second kappa shape index (κ2) is 10.5. The smallest absolute Gasteiger partial charge is 0.410 e. The number of anilines is 1. The number of ether oxygens (including phenoxy) is 2. The number of likely N-dealkylation sites (tertiary alicyclic amines) is 1. The molecule has 0 saturated carbocycles. The Labute approximate surface area is 241 Å². The molecule has 3 saturated heterocycles. The van der Waals surface area contributed by atoms with Crippen molar-refractivity contribution >= 4 is 35.5 Å². The summed E-state index contributed by atoms with van der Waals surface area (Å²) in [6.07, 6.45) is -1.31. The van der Waals surface area contributed by atoms with Crippen molar-refractivity contribution in [3.8, 4) is 0 Å². The van der Waals surface area contributed by atoms with Gasteiger partial charge in [-0.25, -0.2) is 18.4 Å². The molecule has 4 heterocycles. The lowest BCUT2D eigenvalue weighted by atomic mass is 9.66. The zero-order valence-corrected chi connectivity index (χ0v) is 24.1. The fourth-order valence-corrected chi connectivity index (χ4v) is 6.50. The van der Waals surface area contributed by atoms with Gasteiger partial charge in [0.05, 0.1) is 29.5 Å². The summed E-state index contributed by atoms with van der Waals surface area (Å²) in [5, 5.41) is 6.98. The summed E-state index contributed by atoms with van der Waals surface area (Å²) < 4.78 is 42.7. The summed E-state index contributed by atoms with van der Waals surface area (Å²) in [7, 11) is 0. The maximum atomic E-state index is 15.8. The third kappa shape index (κ3) is 5.05. The first-order chi connectivity index (χ1) is 19.6. The van der Waals surface area contributed by atoms with Crippen LogP contribution in [0.3, 0.4) is 0 Å². The summed E-state index contributed by atoms with van der Waals surface area (Å²) in [6, 6.07) is -1.27. The van der Waals surface area contributed by atoms with Gasteiger partial charge in [-0.3, -0.25) is 25.0 Å². The normalized spacial score (nSPS) is 25.8. The molecule has 3 fully saturated rings. The van der Waals surface area contributed by atoms with Gasteiger partial charge in [-0.15, -0.1) is 0 Å². The summed E-state index contributed by atoms with van der Waals surface area (Å²) in [4.78, 5) is 67.1. The maximum absolute atomic E-state index is 15.8. The molecule has 5 rings (SSSR count). The number of fused-ring (bicyclic) bond motifs is 4. The number of nitrogens with one attached hydrogen (secondary N) is 3. The number of barbiturate groups is 1. The van der Waals surface area contributed by atoms with Gasteiger partial charge in [0.2, 0.25) is 11.8 Å². The molecule has 12 nitrogen and oxygen atoms in total. The molecule has 1 aromatic rings. The summed E-state index contributed by atoms with van der Waals surface area (Å²) >= 11 is 0. The minimum absolute atomic E-state index is 0.0381. The molecule has 1 spiro atoms. The van der Waals surface area contributed by atoms with Crippen LogP contribution in [0.2, 0.25) is 0 Å². The molecule has 0 bridgehead atoms. The van der Waals surface area contributed by atoms with Gasteiger partial charge in [-0.05, 0) is 59.1 Å². The molecule has 0 radical (unpaired) electrons. The third-order valence-corrected chi connectivity index (χ3v) is 8.19. The van der Waals surface area contributed by atoms with Crippen molar-refractivity contribution in [3.63, 3.8) is 0 Å². The van der Waals surface area contributed by atoms with Crippen molar-refractivity contribution in [1.29, 1.82) is 0 Å². The third-order valence-electron chi connectivity index (χ3n) is 8.19. The summed E-state index contributed by atoms with van der Waals surface area (Å²) in [5.41, 5.74) is -3.19. The van der Waals surface area contributed by atoms with E-state index in [2.05, 4.69) is 16.0 Å². The number of nitrogens with zero attached hydrogens (tertiary/aromatic N) is 2. The van der Waals surface area contributed by atoms with Crippen LogP contribution in [0.4, 0.5) is 24.1 Å². The van der Waals surface area contributed by atoms with Gasteiger partial charge in [0.25, 0.3) is 5.91 Å². The largest absolute Gasteiger partial charge is 0.444 e. The highest BCUT2D eigenvalue weighted by molar-refractivity contribution is 6.20. The Kier molecular flexibility index (Phi) is 7.40. The lowest BCUT2D eigenvalue weighted by molar-refractivity contribution is -0.153. The standard InChI is InChI=1S/C28H35F2N5O7/c1-13-12-35-20-15(11-28(21(35)14(2)41-13)23(37)32-25(39)33-24(28)38)10-17(18(29)19(20)30)22(36)31-16-6-8-34(9-7-16)26(40)42-27(3,4)5/h10,13-14,16,21H,6-9,11-12H2,1-5H3,(H,31,36)(H2,32,33,37,38,39)/t13-,14+,21-/m1/s1. The van der Waals surface area contributed by atoms with Crippen molar-refractivity contribution in [2.45, 2.75) is 83.8 Å². The molecule has 42 heavy (non-hydrogen) atoms. The number of hydrogen-bond donors (Lipinski definition) is 3. The van der Waals surface area contributed by atoms with Crippen LogP contribution < -0.4 is 20.9 Å². The molecule has 4 aliphatic rings. The Morgan fingerprint density at radius 2 is 1.69 bits per heavy atom. The Hall–Kier alpha value is -3.81. The number of halogens is 2. The highest BCUT2D eigenvalue weighted by Gasteiger charge is 2.63. The first-order valence-corrected chi connectivity index (χ1v) is 14.0. The van der Waals surface area contributed by atoms with E-state index in [1.54, 1.807) is 34.6 Å². The zero-order chi connectivity index (χ0) is 30.7. The molecule has 1 aromatic carbocycles. The Bertz CT molecular complexity index is 1330. The van der Waals surface area contributed by atoms with Gasteiger partial charge in [0, 0.05) is 32.1 Å². The lowest BCUT2D eigenvalue weighted by Crippen LogP contribution is -2.75. The van der Waals surface area contributed by atoms with Crippen molar-refractivity contribution in [1.82, 2.24) is 20.9 Å². The van der Waals surface area contributed by atoms with Gasteiger partial charge in [0.1, 0.15) is 5.60 Å². The summed E-state index contributed by atoms with van der Waals surface area (Å²) in [5.74, 6) is -5.25. The molecular formula is C28H35F2N5O7. The minimum Gasteiger partial charge on any atom is -0.444 e. The number of carbonyl (C=O) groups excluding carboxylic acids is 5. The topological polar surface area (TPSA) is 146 Å². The predicted molar refractivity (Wildman–Crippen MR) is 144 cm³/mol. The summed E-state index contributed by atoms with van der Waals surface area (Å²) in [6.45, 7) is 9.29. The number of benzene rings is 1. The molecule has 3 atom stereocenters. The van der Waals surface area contributed by atoms with Gasteiger partial charge in [-0.1, -0.05) is 0 Å². The molecule has 0 unspecified atom stereocenters. The lowest BCUT2D eigenvalue weighted by Gasteiger charge is -2.55. The van der Waals surface area contributed by atoms with Crippen LogP contribution in [-0.4, -0.2) is 84.3 Å². The number of piperidine rings is 1. The quantitative estimate of drug-likeness (QED) is 0.443. The van der Waals surface area contributed by atoms with Crippen molar-refractivity contribution in [2.75, 3.05) is 24.5 Å². The highest BCUT2D eigenvalue weighted by atomic mass is 19.2. The van der Waals surface area contributed by atoms with Crippen molar-refractivity contribution in [2.24, 2.45) is 5.41 Å². The number of amides is 6. The van der Waals surface area contributed by atoms with E-state index >= 15 is 8.78 Å². The van der Waals surface area contributed by atoms with E-state index in [4.69, 9.17) is 9.47 Å². The molecule has 4 aliphatic heterocycles. The van der Waals surface area contributed by atoms with Crippen LogP contribution in [0.15, 0.2) is 6.07 Å². The molecule has 14 heteroatoms. The number of carbonyl (C=O) groups is 5. The van der Waals surface area contributed by atoms with Gasteiger partial charge < -0.3 is 24.6 Å². The average Bonchev–Trinajstić information content (AvgIpc) is 2.88. The average molecular weight is 592 g/mol. The van der Waals surface area contributed by atoms with Gasteiger partial charge in [0.15, 0.2) is 17.0 Å². The van der Waals surface area contributed by atoms with E-state index in [0.29, 0.717) is 25.9 Å². The van der Waals surface area contributed by atoms with Gasteiger partial charge >= 0.3 is 12.1 Å². The monoisotopic (exact) mass is 591 g/mol. The number of urea groups is 1. The van der Waals surface area contributed by atoms with E-state index in [1.165, 1.54) is 15.9 Å². The van der Waals surface area contributed by atoms with E-state index in [9.17, 15) is 24.0 Å². The van der Waals surface area contributed by atoms with E-state index in [-0.39, 0.29) is 24.2 Å². The zero-order valence-electron chi connectivity index (χ0n) is 24.1. The van der Waals surface area contributed by atoms with Crippen LogP contribution in [0.1, 0.15) is 63.4 Å². The molecule has 0 aromatic heterocycles.